The Bertz CT molecular complexity index is 233. The van der Waals surface area contributed by atoms with Crippen molar-refractivity contribution in [1.29, 1.82) is 0 Å². The Morgan fingerprint density at radius 2 is 1.67 bits per heavy atom. The van der Waals surface area contributed by atoms with Gasteiger partial charge in [0.15, 0.2) is 0 Å². The minimum atomic E-state index is 0.616. The molecule has 0 aliphatic carbocycles. The maximum Gasteiger partial charge on any atom is 0.0406 e. The number of nitrogens with zero attached hydrogens (tertiary/aromatic N) is 1. The van der Waals surface area contributed by atoms with Gasteiger partial charge in [-0.1, -0.05) is 23.7 Å². The van der Waals surface area contributed by atoms with Gasteiger partial charge < -0.3 is 0 Å². The van der Waals surface area contributed by atoms with Crippen LogP contribution in [0.25, 0.3) is 0 Å². The van der Waals surface area contributed by atoms with Gasteiger partial charge in [-0.05, 0) is 47.7 Å². The Labute approximate surface area is 87.1 Å². The fourth-order valence-corrected chi connectivity index (χ4v) is 1.16. The molecule has 0 aromatic heterocycles. The van der Waals surface area contributed by atoms with Gasteiger partial charge in [0.1, 0.15) is 0 Å². The van der Waals surface area contributed by atoms with Crippen molar-refractivity contribution in [1.82, 2.24) is 3.94 Å². The number of hydrogen-bond acceptors (Lipinski definition) is 1. The quantitative estimate of drug-likeness (QED) is 0.711. The van der Waals surface area contributed by atoms with E-state index in [9.17, 15) is 0 Å². The summed E-state index contributed by atoms with van der Waals surface area (Å²) >= 11 is 16.6. The fourth-order valence-electron chi connectivity index (χ4n) is 0.865. The molecule has 0 radical (unpaired) electrons. The smallest absolute Gasteiger partial charge is 0.0406 e. The number of rotatable bonds is 3. The van der Waals surface area contributed by atoms with E-state index in [0.29, 0.717) is 6.54 Å². The van der Waals surface area contributed by atoms with Gasteiger partial charge in [0.25, 0.3) is 0 Å². The maximum atomic E-state index is 5.71. The molecule has 0 heterocycles. The zero-order valence-electron chi connectivity index (χ0n) is 6.30. The fraction of sp³-hybridized carbons (Fsp3) is 0.250. The van der Waals surface area contributed by atoms with Crippen LogP contribution in [0.2, 0.25) is 5.02 Å². The third-order valence-electron chi connectivity index (χ3n) is 1.48. The van der Waals surface area contributed by atoms with Gasteiger partial charge in [-0.15, -0.1) is 3.94 Å². The van der Waals surface area contributed by atoms with Crippen molar-refractivity contribution in [3.63, 3.8) is 0 Å². The Morgan fingerprint density at radius 3 is 2.17 bits per heavy atom. The molecule has 0 aliphatic heterocycles. The molecule has 0 atom stereocenters. The zero-order chi connectivity index (χ0) is 8.97. The highest BCUT2D eigenvalue weighted by Gasteiger charge is 1.96. The molecule has 4 heteroatoms. The highest BCUT2D eigenvalue weighted by Crippen LogP contribution is 2.11. The molecule has 0 saturated heterocycles. The van der Waals surface area contributed by atoms with Crippen molar-refractivity contribution >= 4 is 35.2 Å². The predicted molar refractivity (Wildman–Crippen MR) is 53.6 cm³/mol. The molecule has 0 fully saturated rings. The van der Waals surface area contributed by atoms with Gasteiger partial charge in [-0.3, -0.25) is 0 Å². The summed E-state index contributed by atoms with van der Waals surface area (Å²) in [5.41, 5.74) is 1.17. The molecule has 0 unspecified atom stereocenters. The lowest BCUT2D eigenvalue weighted by atomic mass is 10.2. The molecule has 1 nitrogen and oxygen atoms in total. The van der Waals surface area contributed by atoms with E-state index in [1.165, 1.54) is 5.56 Å². The van der Waals surface area contributed by atoms with Crippen molar-refractivity contribution in [2.75, 3.05) is 6.54 Å². The van der Waals surface area contributed by atoms with Crippen LogP contribution in [0, 0.1) is 0 Å². The van der Waals surface area contributed by atoms with Gasteiger partial charge in [-0.2, -0.15) is 0 Å². The Hall–Kier alpha value is 0.0500. The monoisotopic (exact) mass is 223 g/mol. The molecular weight excluding hydrogens is 216 g/mol. The molecule has 0 amide bonds. The van der Waals surface area contributed by atoms with Gasteiger partial charge >= 0.3 is 0 Å². The second-order valence-electron chi connectivity index (χ2n) is 2.40. The van der Waals surface area contributed by atoms with Gasteiger partial charge in [-0.25, -0.2) is 0 Å². The summed E-state index contributed by atoms with van der Waals surface area (Å²) in [6.45, 7) is 0.616. The third-order valence-corrected chi connectivity index (χ3v) is 2.07. The van der Waals surface area contributed by atoms with E-state index in [1.807, 2.05) is 24.3 Å². The van der Waals surface area contributed by atoms with E-state index in [1.54, 1.807) is 0 Å². The molecule has 66 valence electrons. The predicted octanol–water partition coefficient (Wildman–Crippen LogP) is 3.49. The van der Waals surface area contributed by atoms with E-state index in [4.69, 9.17) is 35.2 Å². The Balaban J connectivity index is 2.48. The average Bonchev–Trinajstić information content (AvgIpc) is 2.03. The third kappa shape index (κ3) is 3.63. The second-order valence-corrected chi connectivity index (χ2v) is 3.83. The minimum Gasteiger partial charge on any atom is -0.132 e. The van der Waals surface area contributed by atoms with Crippen molar-refractivity contribution in [2.45, 2.75) is 6.42 Å². The summed E-state index contributed by atoms with van der Waals surface area (Å²) in [7, 11) is 0. The minimum absolute atomic E-state index is 0.616. The summed E-state index contributed by atoms with van der Waals surface area (Å²) in [5.74, 6) is 0. The molecule has 12 heavy (non-hydrogen) atoms. The summed E-state index contributed by atoms with van der Waals surface area (Å²) in [6.07, 6.45) is 0.824. The van der Waals surface area contributed by atoms with Crippen LogP contribution in [-0.2, 0) is 6.42 Å². The van der Waals surface area contributed by atoms with Crippen LogP contribution in [-0.4, -0.2) is 10.5 Å². The topological polar surface area (TPSA) is 3.24 Å². The molecular formula is C8H8Cl3N. The van der Waals surface area contributed by atoms with Crippen LogP contribution in [0.15, 0.2) is 24.3 Å². The molecule has 1 aromatic carbocycles. The molecule has 0 spiro atoms. The highest BCUT2D eigenvalue weighted by atomic mass is 35.5. The number of halogens is 3. The lowest BCUT2D eigenvalue weighted by Gasteiger charge is -2.03. The van der Waals surface area contributed by atoms with E-state index in [-0.39, 0.29) is 0 Å². The van der Waals surface area contributed by atoms with Crippen LogP contribution in [0.4, 0.5) is 0 Å². The van der Waals surface area contributed by atoms with Crippen molar-refractivity contribution in [2.24, 2.45) is 0 Å². The normalized spacial score (nSPS) is 10.7. The Morgan fingerprint density at radius 1 is 1.08 bits per heavy atom. The lowest BCUT2D eigenvalue weighted by molar-refractivity contribution is 0.694. The van der Waals surface area contributed by atoms with Crippen molar-refractivity contribution in [3.05, 3.63) is 34.9 Å². The number of hydrogen-bond donors (Lipinski definition) is 0. The van der Waals surface area contributed by atoms with Gasteiger partial charge in [0.2, 0.25) is 0 Å². The molecule has 0 N–H and O–H groups in total. The van der Waals surface area contributed by atoms with Crippen LogP contribution in [0.1, 0.15) is 5.56 Å². The standard InChI is InChI=1S/C8H8Cl3N/c9-8-3-1-7(2-4-8)5-6-12(10)11/h1-4H,5-6H2. The highest BCUT2D eigenvalue weighted by molar-refractivity contribution is 6.33. The van der Waals surface area contributed by atoms with E-state index in [0.717, 1.165) is 15.4 Å². The SMILES string of the molecule is Clc1ccc(CCN(Cl)Cl)cc1. The molecule has 1 rings (SSSR count). The van der Waals surface area contributed by atoms with Crippen LogP contribution in [0.3, 0.4) is 0 Å². The Kier molecular flexibility index (Phi) is 4.16. The summed E-state index contributed by atoms with van der Waals surface area (Å²) in [4.78, 5) is 0. The first-order valence-corrected chi connectivity index (χ1v) is 4.57. The van der Waals surface area contributed by atoms with Gasteiger partial charge in [0.05, 0.1) is 0 Å². The van der Waals surface area contributed by atoms with Crippen LogP contribution in [0.5, 0.6) is 0 Å². The second kappa shape index (κ2) is 4.93. The zero-order valence-corrected chi connectivity index (χ0v) is 8.57. The summed E-state index contributed by atoms with van der Waals surface area (Å²) < 4.78 is 1.12. The van der Waals surface area contributed by atoms with Crippen LogP contribution >= 0.6 is 35.2 Å². The molecule has 0 saturated carbocycles. The maximum absolute atomic E-state index is 5.71. The van der Waals surface area contributed by atoms with Crippen LogP contribution < -0.4 is 0 Å². The van der Waals surface area contributed by atoms with E-state index < -0.39 is 0 Å². The molecule has 0 aliphatic rings. The average molecular weight is 225 g/mol. The lowest BCUT2D eigenvalue weighted by Crippen LogP contribution is -2.03. The first kappa shape index (κ1) is 10.1. The van der Waals surface area contributed by atoms with E-state index in [2.05, 4.69) is 0 Å². The number of benzene rings is 1. The molecule has 1 aromatic rings. The largest absolute Gasteiger partial charge is 0.132 e. The molecule has 0 bridgehead atoms. The van der Waals surface area contributed by atoms with Crippen molar-refractivity contribution < 1.29 is 0 Å². The first-order valence-electron chi connectivity index (χ1n) is 3.52. The summed E-state index contributed by atoms with van der Waals surface area (Å²) in [6, 6.07) is 7.62. The van der Waals surface area contributed by atoms with Gasteiger partial charge in [0, 0.05) is 11.6 Å². The van der Waals surface area contributed by atoms with E-state index >= 15 is 0 Å². The van der Waals surface area contributed by atoms with Crippen molar-refractivity contribution in [3.8, 4) is 0 Å². The summed E-state index contributed by atoms with van der Waals surface area (Å²) in [5, 5.41) is 0.743. The first-order chi connectivity index (χ1) is 5.68.